The van der Waals surface area contributed by atoms with E-state index in [9.17, 15) is 9.59 Å². The van der Waals surface area contributed by atoms with Gasteiger partial charge in [-0.2, -0.15) is 0 Å². The van der Waals surface area contributed by atoms with Gasteiger partial charge < -0.3 is 0 Å². The molecule has 80 valence electrons. The molecule has 0 saturated heterocycles. The first kappa shape index (κ1) is 12.2. The van der Waals surface area contributed by atoms with Gasteiger partial charge in [0, 0.05) is 17.6 Å². The lowest BCUT2D eigenvalue weighted by Gasteiger charge is -1.88. The van der Waals surface area contributed by atoms with Crippen LogP contribution in [0.3, 0.4) is 0 Å². The zero-order chi connectivity index (χ0) is 11.3. The van der Waals surface area contributed by atoms with Gasteiger partial charge >= 0.3 is 0 Å². The molecule has 0 aromatic carbocycles. The number of thioether (sulfide) groups is 1. The van der Waals surface area contributed by atoms with Gasteiger partial charge in [0.1, 0.15) is 0 Å². The molecular formula is C11H12O2S2. The van der Waals surface area contributed by atoms with E-state index >= 15 is 0 Å². The maximum Gasteiger partial charge on any atom is 0.186 e. The van der Waals surface area contributed by atoms with E-state index in [0.717, 1.165) is 9.75 Å². The molecule has 0 fully saturated rings. The van der Waals surface area contributed by atoms with Crippen molar-refractivity contribution in [1.82, 2.24) is 0 Å². The number of thiophene rings is 1. The Hall–Kier alpha value is -0.870. The van der Waals surface area contributed by atoms with Crippen LogP contribution in [0.1, 0.15) is 28.4 Å². The Labute approximate surface area is 97.4 Å². The van der Waals surface area contributed by atoms with Gasteiger partial charge in [0.15, 0.2) is 10.9 Å². The van der Waals surface area contributed by atoms with Crippen molar-refractivity contribution in [3.05, 3.63) is 28.0 Å². The van der Waals surface area contributed by atoms with Crippen LogP contribution >= 0.6 is 23.1 Å². The van der Waals surface area contributed by atoms with Crippen molar-refractivity contribution >= 4 is 40.1 Å². The molecule has 0 bridgehead atoms. The lowest BCUT2D eigenvalue weighted by molar-refractivity contribution is -0.109. The second kappa shape index (κ2) is 5.88. The first-order chi connectivity index (χ1) is 7.09. The molecule has 1 aromatic rings. The maximum absolute atomic E-state index is 11.0. The molecule has 1 aromatic heterocycles. The number of carbonyl (C=O) groups excluding carboxylic acids is 2. The third-order valence-electron chi connectivity index (χ3n) is 1.64. The first-order valence-corrected chi connectivity index (χ1v) is 6.30. The third-order valence-corrected chi connectivity index (χ3v) is 3.56. The highest BCUT2D eigenvalue weighted by Gasteiger charge is 2.01. The van der Waals surface area contributed by atoms with Crippen LogP contribution in [0, 0.1) is 0 Å². The van der Waals surface area contributed by atoms with Gasteiger partial charge in [-0.05, 0) is 25.1 Å². The van der Waals surface area contributed by atoms with Crippen molar-refractivity contribution in [2.24, 2.45) is 0 Å². The quantitative estimate of drug-likeness (QED) is 0.758. The van der Waals surface area contributed by atoms with Crippen LogP contribution in [0.15, 0.2) is 18.2 Å². The molecule has 0 amide bonds. The maximum atomic E-state index is 11.0. The van der Waals surface area contributed by atoms with Gasteiger partial charge in [0.2, 0.25) is 0 Å². The van der Waals surface area contributed by atoms with Crippen LogP contribution in [-0.2, 0) is 4.79 Å². The largest absolute Gasteiger partial charge is 0.294 e. The molecule has 1 heterocycles. The second-order valence-corrected chi connectivity index (χ2v) is 5.28. The van der Waals surface area contributed by atoms with Crippen LogP contribution in [0.5, 0.6) is 0 Å². The molecule has 1 rings (SSSR count). The van der Waals surface area contributed by atoms with E-state index in [1.54, 1.807) is 13.8 Å². The highest BCUT2D eigenvalue weighted by Crippen LogP contribution is 2.18. The Balaban J connectivity index is 2.50. The Bertz CT molecular complexity index is 391. The average molecular weight is 240 g/mol. The molecule has 0 aliphatic heterocycles. The zero-order valence-corrected chi connectivity index (χ0v) is 10.3. The molecule has 0 spiro atoms. The van der Waals surface area contributed by atoms with E-state index in [4.69, 9.17) is 0 Å². The van der Waals surface area contributed by atoms with Crippen molar-refractivity contribution < 1.29 is 9.59 Å². The molecule has 0 atom stereocenters. The van der Waals surface area contributed by atoms with Crippen molar-refractivity contribution in [2.45, 2.75) is 13.8 Å². The fraction of sp³-hybridized carbons (Fsp3) is 0.273. The summed E-state index contributed by atoms with van der Waals surface area (Å²) in [5.41, 5.74) is 0. The Morgan fingerprint density at radius 1 is 1.40 bits per heavy atom. The minimum atomic E-state index is 0.0951. The van der Waals surface area contributed by atoms with Crippen LogP contribution in [-0.4, -0.2) is 16.7 Å². The predicted molar refractivity (Wildman–Crippen MR) is 66.5 cm³/mol. The summed E-state index contributed by atoms with van der Waals surface area (Å²) in [5.74, 6) is 0.778. The highest BCUT2D eigenvalue weighted by atomic mass is 32.2. The second-order valence-electron chi connectivity index (χ2n) is 2.96. The SMILES string of the molecule is CC(=O)SCC=Cc1ccc(C(C)=O)s1. The van der Waals surface area contributed by atoms with E-state index in [0.29, 0.717) is 5.75 Å². The topological polar surface area (TPSA) is 34.1 Å². The first-order valence-electron chi connectivity index (χ1n) is 4.50. The summed E-state index contributed by atoms with van der Waals surface area (Å²) >= 11 is 2.74. The number of hydrogen-bond acceptors (Lipinski definition) is 4. The third kappa shape index (κ3) is 4.44. The Morgan fingerprint density at radius 3 is 2.67 bits per heavy atom. The van der Waals surface area contributed by atoms with Crippen LogP contribution in [0.4, 0.5) is 0 Å². The van der Waals surface area contributed by atoms with E-state index < -0.39 is 0 Å². The number of hydrogen-bond donors (Lipinski definition) is 0. The van der Waals surface area contributed by atoms with Gasteiger partial charge in [-0.1, -0.05) is 17.8 Å². The van der Waals surface area contributed by atoms with Crippen molar-refractivity contribution in [1.29, 1.82) is 0 Å². The number of carbonyl (C=O) groups is 2. The zero-order valence-electron chi connectivity index (χ0n) is 8.65. The fourth-order valence-corrected chi connectivity index (χ4v) is 2.22. The molecule has 4 heteroatoms. The Kier molecular flexibility index (Phi) is 4.78. The molecule has 0 unspecified atom stereocenters. The molecule has 0 saturated carbocycles. The predicted octanol–water partition coefficient (Wildman–Crippen LogP) is 3.24. The van der Waals surface area contributed by atoms with E-state index in [1.807, 2.05) is 24.3 Å². The van der Waals surface area contributed by atoms with Crippen LogP contribution in [0.2, 0.25) is 0 Å². The lowest BCUT2D eigenvalue weighted by Crippen LogP contribution is -1.83. The highest BCUT2D eigenvalue weighted by molar-refractivity contribution is 8.13. The molecular weight excluding hydrogens is 228 g/mol. The Morgan fingerprint density at radius 2 is 2.13 bits per heavy atom. The lowest BCUT2D eigenvalue weighted by atomic mass is 10.3. The van der Waals surface area contributed by atoms with E-state index in [2.05, 4.69) is 0 Å². The van der Waals surface area contributed by atoms with Crippen LogP contribution < -0.4 is 0 Å². The number of ketones is 1. The summed E-state index contributed by atoms with van der Waals surface area (Å²) in [5, 5.41) is 0.121. The van der Waals surface area contributed by atoms with Crippen molar-refractivity contribution in [2.75, 3.05) is 5.75 Å². The number of rotatable bonds is 4. The average Bonchev–Trinajstić information content (AvgIpc) is 2.60. The van der Waals surface area contributed by atoms with Gasteiger partial charge in [-0.15, -0.1) is 11.3 Å². The summed E-state index contributed by atoms with van der Waals surface area (Å²) in [4.78, 5) is 23.5. The van der Waals surface area contributed by atoms with Gasteiger partial charge in [0.25, 0.3) is 0 Å². The summed E-state index contributed by atoms with van der Waals surface area (Å²) in [6.45, 7) is 3.11. The molecule has 0 aliphatic rings. The van der Waals surface area contributed by atoms with E-state index in [1.165, 1.54) is 23.1 Å². The van der Waals surface area contributed by atoms with E-state index in [-0.39, 0.29) is 10.9 Å². The minimum Gasteiger partial charge on any atom is -0.294 e. The molecule has 0 radical (unpaired) electrons. The molecule has 0 N–H and O–H groups in total. The van der Waals surface area contributed by atoms with Gasteiger partial charge in [0.05, 0.1) is 4.88 Å². The fourth-order valence-electron chi connectivity index (χ4n) is 0.961. The standard InChI is InChI=1S/C11H12O2S2/c1-8(12)11-6-5-10(15-11)4-3-7-14-9(2)13/h3-6H,7H2,1-2H3. The normalized spacial score (nSPS) is 10.8. The monoisotopic (exact) mass is 240 g/mol. The smallest absolute Gasteiger partial charge is 0.186 e. The van der Waals surface area contributed by atoms with Crippen molar-refractivity contribution in [3.63, 3.8) is 0 Å². The molecule has 2 nitrogen and oxygen atoms in total. The minimum absolute atomic E-state index is 0.0951. The summed E-state index contributed by atoms with van der Waals surface area (Å²) in [6, 6.07) is 3.74. The van der Waals surface area contributed by atoms with Gasteiger partial charge in [-0.3, -0.25) is 9.59 Å². The summed E-state index contributed by atoms with van der Waals surface area (Å²) in [7, 11) is 0. The van der Waals surface area contributed by atoms with Gasteiger partial charge in [-0.25, -0.2) is 0 Å². The van der Waals surface area contributed by atoms with Crippen molar-refractivity contribution in [3.8, 4) is 0 Å². The molecule has 15 heavy (non-hydrogen) atoms. The number of Topliss-reactive ketones (excluding diaryl/α,β-unsaturated/α-hetero) is 1. The van der Waals surface area contributed by atoms with Crippen LogP contribution in [0.25, 0.3) is 6.08 Å². The summed E-state index contributed by atoms with van der Waals surface area (Å²) in [6.07, 6.45) is 3.87. The summed E-state index contributed by atoms with van der Waals surface area (Å²) < 4.78 is 0. The molecule has 0 aliphatic carbocycles.